The summed E-state index contributed by atoms with van der Waals surface area (Å²) in [5, 5.41) is 9.02. The minimum atomic E-state index is 0.243. The molecule has 0 bridgehead atoms. The summed E-state index contributed by atoms with van der Waals surface area (Å²) in [6.07, 6.45) is 2.06. The highest BCUT2D eigenvalue weighted by molar-refractivity contribution is 5.40. The number of nitrogens with zero attached hydrogens (tertiary/aromatic N) is 4. The van der Waals surface area contributed by atoms with E-state index in [1.165, 1.54) is 0 Å². The van der Waals surface area contributed by atoms with E-state index in [4.69, 9.17) is 5.11 Å². The molecule has 1 aromatic heterocycles. The molecule has 0 aliphatic carbocycles. The number of hydrogen-bond acceptors (Lipinski definition) is 5. The average molecular weight is 264 g/mol. The van der Waals surface area contributed by atoms with Crippen molar-refractivity contribution in [3.8, 4) is 0 Å². The van der Waals surface area contributed by atoms with Crippen molar-refractivity contribution in [1.82, 2.24) is 14.9 Å². The Labute approximate surface area is 115 Å². The molecular weight excluding hydrogens is 240 g/mol. The van der Waals surface area contributed by atoms with Crippen LogP contribution >= 0.6 is 0 Å². The van der Waals surface area contributed by atoms with Gasteiger partial charge in [0.2, 0.25) is 0 Å². The first-order valence-corrected chi connectivity index (χ1v) is 7.15. The lowest BCUT2D eigenvalue weighted by Crippen LogP contribution is -2.32. The molecule has 1 aliphatic rings. The quantitative estimate of drug-likeness (QED) is 0.874. The van der Waals surface area contributed by atoms with Crippen LogP contribution in [0.25, 0.3) is 0 Å². The Morgan fingerprint density at radius 2 is 2.05 bits per heavy atom. The van der Waals surface area contributed by atoms with Gasteiger partial charge in [-0.1, -0.05) is 6.92 Å². The fraction of sp³-hybridized carbons (Fsp3) is 0.714. The lowest BCUT2D eigenvalue weighted by molar-refractivity contribution is 0.204. The van der Waals surface area contributed by atoms with Crippen LogP contribution in [0, 0.1) is 6.92 Å². The third kappa shape index (κ3) is 3.88. The number of aliphatic hydroxyl groups is 1. The van der Waals surface area contributed by atoms with Crippen molar-refractivity contribution in [2.75, 3.05) is 44.2 Å². The summed E-state index contributed by atoms with van der Waals surface area (Å²) in [5.41, 5.74) is 1.11. The third-order valence-corrected chi connectivity index (χ3v) is 3.57. The van der Waals surface area contributed by atoms with Crippen LogP contribution in [0.15, 0.2) is 6.07 Å². The van der Waals surface area contributed by atoms with E-state index < -0.39 is 0 Å². The second-order valence-corrected chi connectivity index (χ2v) is 5.02. The number of anilines is 1. The Morgan fingerprint density at radius 3 is 2.79 bits per heavy atom. The molecule has 1 fully saturated rings. The molecule has 5 nitrogen and oxygen atoms in total. The van der Waals surface area contributed by atoms with E-state index >= 15 is 0 Å². The van der Waals surface area contributed by atoms with Gasteiger partial charge in [0.15, 0.2) is 0 Å². The Hall–Kier alpha value is -1.20. The molecule has 0 saturated carbocycles. The van der Waals surface area contributed by atoms with E-state index in [-0.39, 0.29) is 6.61 Å². The van der Waals surface area contributed by atoms with Crippen molar-refractivity contribution in [3.63, 3.8) is 0 Å². The molecule has 19 heavy (non-hydrogen) atoms. The molecule has 2 heterocycles. The molecule has 1 aliphatic heterocycles. The monoisotopic (exact) mass is 264 g/mol. The summed E-state index contributed by atoms with van der Waals surface area (Å²) in [5.74, 6) is 1.90. The molecule has 0 amide bonds. The summed E-state index contributed by atoms with van der Waals surface area (Å²) in [4.78, 5) is 13.7. The van der Waals surface area contributed by atoms with Crippen LogP contribution < -0.4 is 4.90 Å². The second-order valence-electron chi connectivity index (χ2n) is 5.02. The molecule has 106 valence electrons. The number of aliphatic hydroxyl groups excluding tert-OH is 1. The van der Waals surface area contributed by atoms with E-state index in [9.17, 15) is 0 Å². The number of β-amino-alcohol motifs (C(OH)–C–C–N with tert-alkyl or cyclic N) is 1. The molecule has 1 N–H and O–H groups in total. The van der Waals surface area contributed by atoms with Crippen LogP contribution in [0.4, 0.5) is 5.82 Å². The smallest absolute Gasteiger partial charge is 0.132 e. The summed E-state index contributed by atoms with van der Waals surface area (Å²) in [6.45, 7) is 9.15. The number of aryl methyl sites for hydroxylation is 2. The molecule has 0 unspecified atom stereocenters. The average Bonchev–Trinajstić information content (AvgIpc) is 2.64. The summed E-state index contributed by atoms with van der Waals surface area (Å²) >= 11 is 0. The minimum absolute atomic E-state index is 0.243. The zero-order chi connectivity index (χ0) is 13.7. The van der Waals surface area contributed by atoms with Crippen molar-refractivity contribution in [1.29, 1.82) is 0 Å². The summed E-state index contributed by atoms with van der Waals surface area (Å²) in [7, 11) is 0. The SMILES string of the molecule is CCc1cc(N2CCCN(CCO)CC2)nc(C)n1. The predicted octanol–water partition coefficient (Wildman–Crippen LogP) is 0.852. The Kier molecular flexibility index (Phi) is 5.10. The van der Waals surface area contributed by atoms with Gasteiger partial charge in [0.05, 0.1) is 6.61 Å². The highest BCUT2D eigenvalue weighted by atomic mass is 16.3. The zero-order valence-electron chi connectivity index (χ0n) is 12.0. The molecule has 0 radical (unpaired) electrons. The first-order valence-electron chi connectivity index (χ1n) is 7.15. The van der Waals surface area contributed by atoms with E-state index in [1.807, 2.05) is 6.92 Å². The number of hydrogen-bond donors (Lipinski definition) is 1. The minimum Gasteiger partial charge on any atom is -0.395 e. The molecular formula is C14H24N4O. The predicted molar refractivity (Wildman–Crippen MR) is 76.5 cm³/mol. The fourth-order valence-corrected chi connectivity index (χ4v) is 2.52. The summed E-state index contributed by atoms with van der Waals surface area (Å²) < 4.78 is 0. The van der Waals surface area contributed by atoms with Crippen molar-refractivity contribution in [3.05, 3.63) is 17.6 Å². The molecule has 5 heteroatoms. The lowest BCUT2D eigenvalue weighted by Gasteiger charge is -2.23. The van der Waals surface area contributed by atoms with Gasteiger partial charge in [0.1, 0.15) is 11.6 Å². The van der Waals surface area contributed by atoms with Crippen LogP contribution in [0.1, 0.15) is 24.9 Å². The first kappa shape index (κ1) is 14.2. The molecule has 1 aromatic rings. The molecule has 2 rings (SSSR count). The van der Waals surface area contributed by atoms with Crippen molar-refractivity contribution in [2.45, 2.75) is 26.7 Å². The normalized spacial score (nSPS) is 17.5. The van der Waals surface area contributed by atoms with Gasteiger partial charge in [-0.2, -0.15) is 0 Å². The van der Waals surface area contributed by atoms with Gasteiger partial charge in [-0.3, -0.25) is 4.90 Å². The van der Waals surface area contributed by atoms with Crippen LogP contribution in [-0.4, -0.2) is 59.3 Å². The Bertz CT molecular complexity index is 410. The van der Waals surface area contributed by atoms with Gasteiger partial charge in [0.25, 0.3) is 0 Å². The van der Waals surface area contributed by atoms with E-state index in [2.05, 4.69) is 32.8 Å². The maximum absolute atomic E-state index is 9.02. The topological polar surface area (TPSA) is 52.5 Å². The lowest BCUT2D eigenvalue weighted by atomic mass is 10.3. The molecule has 0 aromatic carbocycles. The summed E-state index contributed by atoms with van der Waals surface area (Å²) in [6, 6.07) is 2.11. The highest BCUT2D eigenvalue weighted by Crippen LogP contribution is 2.15. The van der Waals surface area contributed by atoms with Crippen molar-refractivity contribution < 1.29 is 5.11 Å². The van der Waals surface area contributed by atoms with Gasteiger partial charge in [-0.05, 0) is 26.3 Å². The number of aromatic nitrogens is 2. The van der Waals surface area contributed by atoms with Crippen LogP contribution in [0.2, 0.25) is 0 Å². The van der Waals surface area contributed by atoms with Crippen LogP contribution in [0.3, 0.4) is 0 Å². The maximum atomic E-state index is 9.02. The van der Waals surface area contributed by atoms with Gasteiger partial charge >= 0.3 is 0 Å². The second kappa shape index (κ2) is 6.82. The zero-order valence-corrected chi connectivity index (χ0v) is 12.0. The highest BCUT2D eigenvalue weighted by Gasteiger charge is 2.16. The Morgan fingerprint density at radius 1 is 1.21 bits per heavy atom. The van der Waals surface area contributed by atoms with Crippen molar-refractivity contribution in [2.24, 2.45) is 0 Å². The van der Waals surface area contributed by atoms with Crippen LogP contribution in [0.5, 0.6) is 0 Å². The molecule has 0 atom stereocenters. The standard InChI is InChI=1S/C14H24N4O/c1-3-13-11-14(16-12(2)15-13)18-6-4-5-17(7-8-18)9-10-19/h11,19H,3-10H2,1-2H3. The van der Waals surface area contributed by atoms with Gasteiger partial charge < -0.3 is 10.0 Å². The van der Waals surface area contributed by atoms with E-state index in [0.717, 1.165) is 62.9 Å². The fourth-order valence-electron chi connectivity index (χ4n) is 2.52. The van der Waals surface area contributed by atoms with E-state index in [1.54, 1.807) is 0 Å². The van der Waals surface area contributed by atoms with Gasteiger partial charge in [-0.25, -0.2) is 9.97 Å². The third-order valence-electron chi connectivity index (χ3n) is 3.57. The van der Waals surface area contributed by atoms with Gasteiger partial charge in [0, 0.05) is 37.9 Å². The molecule has 1 saturated heterocycles. The largest absolute Gasteiger partial charge is 0.395 e. The Balaban J connectivity index is 2.07. The van der Waals surface area contributed by atoms with Crippen LogP contribution in [-0.2, 0) is 6.42 Å². The molecule has 0 spiro atoms. The maximum Gasteiger partial charge on any atom is 0.132 e. The van der Waals surface area contributed by atoms with Crippen molar-refractivity contribution >= 4 is 5.82 Å². The van der Waals surface area contributed by atoms with E-state index in [0.29, 0.717) is 0 Å². The first-order chi connectivity index (χ1) is 9.22. The number of rotatable bonds is 4. The van der Waals surface area contributed by atoms with Gasteiger partial charge in [-0.15, -0.1) is 0 Å².